The molecule has 1 fully saturated rings. The number of hydrogen-bond donors (Lipinski definition) is 1. The minimum absolute atomic E-state index is 0.659. The van der Waals surface area contributed by atoms with Crippen molar-refractivity contribution in [3.8, 4) is 0 Å². The van der Waals surface area contributed by atoms with Gasteiger partial charge in [0.15, 0.2) is 0 Å². The number of aryl methyl sites for hydroxylation is 1. The van der Waals surface area contributed by atoms with Crippen LogP contribution >= 0.6 is 0 Å². The average Bonchev–Trinajstić information content (AvgIpc) is 2.47. The number of ether oxygens (including phenoxy) is 1. The molecule has 118 valence electrons. The third-order valence-electron chi connectivity index (χ3n) is 4.57. The van der Waals surface area contributed by atoms with Gasteiger partial charge in [-0.05, 0) is 55.9 Å². The van der Waals surface area contributed by atoms with Crippen LogP contribution in [0.3, 0.4) is 0 Å². The summed E-state index contributed by atoms with van der Waals surface area (Å²) in [5.41, 5.74) is 4.14. The van der Waals surface area contributed by atoms with Crippen molar-refractivity contribution in [1.29, 1.82) is 0 Å². The van der Waals surface area contributed by atoms with Crippen molar-refractivity contribution in [2.75, 3.05) is 31.7 Å². The predicted octanol–water partition coefficient (Wildman–Crippen LogP) is 3.36. The van der Waals surface area contributed by atoms with Crippen LogP contribution in [0.1, 0.15) is 37.8 Å². The van der Waals surface area contributed by atoms with E-state index in [2.05, 4.69) is 49.2 Å². The van der Waals surface area contributed by atoms with Gasteiger partial charge in [-0.1, -0.05) is 13.0 Å². The average molecular weight is 290 g/mol. The summed E-state index contributed by atoms with van der Waals surface area (Å²) < 4.78 is 5.06. The summed E-state index contributed by atoms with van der Waals surface area (Å²) in [6, 6.07) is 7.57. The topological polar surface area (TPSA) is 24.5 Å². The normalized spacial score (nSPS) is 22.6. The van der Waals surface area contributed by atoms with Crippen LogP contribution in [0.4, 0.5) is 5.69 Å². The number of piperidine rings is 1. The molecule has 0 saturated carbocycles. The van der Waals surface area contributed by atoms with E-state index in [0.717, 1.165) is 25.6 Å². The van der Waals surface area contributed by atoms with Gasteiger partial charge < -0.3 is 15.0 Å². The second-order valence-electron chi connectivity index (χ2n) is 6.46. The first-order valence-electron chi connectivity index (χ1n) is 8.17. The lowest BCUT2D eigenvalue weighted by atomic mass is 9.94. The molecule has 21 heavy (non-hydrogen) atoms. The maximum Gasteiger partial charge on any atom is 0.0587 e. The zero-order valence-electron chi connectivity index (χ0n) is 14.0. The second-order valence-corrected chi connectivity index (χ2v) is 6.46. The summed E-state index contributed by atoms with van der Waals surface area (Å²) in [4.78, 5) is 2.57. The van der Waals surface area contributed by atoms with Crippen molar-refractivity contribution in [1.82, 2.24) is 5.32 Å². The highest BCUT2D eigenvalue weighted by molar-refractivity contribution is 5.52. The summed E-state index contributed by atoms with van der Waals surface area (Å²) in [5.74, 6) is 0.803. The van der Waals surface area contributed by atoms with E-state index in [9.17, 15) is 0 Å². The predicted molar refractivity (Wildman–Crippen MR) is 90.0 cm³/mol. The number of nitrogens with one attached hydrogen (secondary N) is 1. The molecule has 0 aromatic heterocycles. The maximum absolute atomic E-state index is 5.06. The van der Waals surface area contributed by atoms with Gasteiger partial charge in [-0.15, -0.1) is 0 Å². The van der Waals surface area contributed by atoms with E-state index in [1.54, 1.807) is 7.11 Å². The van der Waals surface area contributed by atoms with E-state index in [4.69, 9.17) is 4.74 Å². The minimum Gasteiger partial charge on any atom is -0.383 e. The van der Waals surface area contributed by atoms with Crippen molar-refractivity contribution < 1.29 is 4.74 Å². The summed E-state index contributed by atoms with van der Waals surface area (Å²) in [6.45, 7) is 10.7. The van der Waals surface area contributed by atoms with E-state index in [0.29, 0.717) is 6.04 Å². The number of anilines is 1. The van der Waals surface area contributed by atoms with Gasteiger partial charge in [0.05, 0.1) is 6.61 Å². The van der Waals surface area contributed by atoms with Gasteiger partial charge in [0.25, 0.3) is 0 Å². The summed E-state index contributed by atoms with van der Waals surface area (Å²) in [5, 5.41) is 3.42. The zero-order valence-corrected chi connectivity index (χ0v) is 14.0. The Hall–Kier alpha value is -1.06. The van der Waals surface area contributed by atoms with Gasteiger partial charge in [-0.3, -0.25) is 0 Å². The highest BCUT2D eigenvalue weighted by Gasteiger charge is 2.23. The highest BCUT2D eigenvalue weighted by atomic mass is 16.5. The first-order valence-corrected chi connectivity index (χ1v) is 8.17. The molecule has 1 aromatic carbocycles. The molecule has 2 rings (SSSR count). The van der Waals surface area contributed by atoms with E-state index >= 15 is 0 Å². The molecule has 1 heterocycles. The molecule has 1 aliphatic rings. The van der Waals surface area contributed by atoms with E-state index in [-0.39, 0.29) is 0 Å². The molecular weight excluding hydrogens is 260 g/mol. The maximum atomic E-state index is 5.06. The van der Waals surface area contributed by atoms with Crippen molar-refractivity contribution >= 4 is 5.69 Å². The fraction of sp³-hybridized carbons (Fsp3) is 0.667. The lowest BCUT2D eigenvalue weighted by molar-refractivity contribution is 0.199. The third kappa shape index (κ3) is 4.45. The Balaban J connectivity index is 2.00. The molecule has 1 saturated heterocycles. The molecule has 3 heteroatoms. The standard InChI is InChI=1S/C18H30N2O/c1-14-5-6-16(3)20(13-14)18-8-7-17(15(2)11-18)12-19-9-10-21-4/h7-8,11,14,16,19H,5-6,9-10,12-13H2,1-4H3. The summed E-state index contributed by atoms with van der Waals surface area (Å²) >= 11 is 0. The molecule has 1 aromatic rings. The number of benzene rings is 1. The fourth-order valence-corrected chi connectivity index (χ4v) is 3.10. The molecule has 0 radical (unpaired) electrons. The number of nitrogens with zero attached hydrogens (tertiary/aromatic N) is 1. The Bertz CT molecular complexity index is 447. The summed E-state index contributed by atoms with van der Waals surface area (Å²) in [7, 11) is 1.74. The monoisotopic (exact) mass is 290 g/mol. The first kappa shape index (κ1) is 16.3. The second kappa shape index (κ2) is 7.81. The molecule has 0 spiro atoms. The van der Waals surface area contributed by atoms with Crippen molar-refractivity contribution in [3.05, 3.63) is 29.3 Å². The smallest absolute Gasteiger partial charge is 0.0587 e. The third-order valence-corrected chi connectivity index (χ3v) is 4.57. The highest BCUT2D eigenvalue weighted by Crippen LogP contribution is 2.28. The molecule has 1 N–H and O–H groups in total. The van der Waals surface area contributed by atoms with Gasteiger partial charge >= 0.3 is 0 Å². The van der Waals surface area contributed by atoms with Crippen LogP contribution in [-0.4, -0.2) is 32.8 Å². The van der Waals surface area contributed by atoms with Crippen LogP contribution < -0.4 is 10.2 Å². The van der Waals surface area contributed by atoms with Crippen LogP contribution in [-0.2, 0) is 11.3 Å². The Morgan fingerprint density at radius 1 is 1.29 bits per heavy atom. The Morgan fingerprint density at radius 2 is 2.10 bits per heavy atom. The largest absolute Gasteiger partial charge is 0.383 e. The molecule has 0 aliphatic carbocycles. The van der Waals surface area contributed by atoms with Crippen LogP contribution in [0.5, 0.6) is 0 Å². The molecular formula is C18H30N2O. The van der Waals surface area contributed by atoms with E-state index < -0.39 is 0 Å². The van der Waals surface area contributed by atoms with Crippen LogP contribution in [0.2, 0.25) is 0 Å². The lowest BCUT2D eigenvalue weighted by Crippen LogP contribution is -2.41. The quantitative estimate of drug-likeness (QED) is 0.813. The molecule has 3 nitrogen and oxygen atoms in total. The van der Waals surface area contributed by atoms with Gasteiger partial charge in [-0.25, -0.2) is 0 Å². The number of methoxy groups -OCH3 is 1. The van der Waals surface area contributed by atoms with Crippen LogP contribution in [0.25, 0.3) is 0 Å². The van der Waals surface area contributed by atoms with Gasteiger partial charge in [0.1, 0.15) is 0 Å². The molecule has 2 unspecified atom stereocenters. The van der Waals surface area contributed by atoms with Crippen LogP contribution in [0.15, 0.2) is 18.2 Å². The first-order chi connectivity index (χ1) is 10.1. The molecule has 0 amide bonds. The fourth-order valence-electron chi connectivity index (χ4n) is 3.10. The molecule has 1 aliphatic heterocycles. The summed E-state index contributed by atoms with van der Waals surface area (Å²) in [6.07, 6.45) is 2.67. The van der Waals surface area contributed by atoms with E-state index in [1.165, 1.54) is 36.2 Å². The van der Waals surface area contributed by atoms with Crippen molar-refractivity contribution in [3.63, 3.8) is 0 Å². The van der Waals surface area contributed by atoms with E-state index in [1.807, 2.05) is 0 Å². The van der Waals surface area contributed by atoms with Crippen molar-refractivity contribution in [2.24, 2.45) is 5.92 Å². The Morgan fingerprint density at radius 3 is 2.81 bits per heavy atom. The van der Waals surface area contributed by atoms with Gasteiger partial charge in [0.2, 0.25) is 0 Å². The molecule has 0 bridgehead atoms. The molecule has 2 atom stereocenters. The zero-order chi connectivity index (χ0) is 15.2. The van der Waals surface area contributed by atoms with Gasteiger partial charge in [-0.2, -0.15) is 0 Å². The number of hydrogen-bond acceptors (Lipinski definition) is 3. The minimum atomic E-state index is 0.659. The Kier molecular flexibility index (Phi) is 6.07. The number of rotatable bonds is 6. The van der Waals surface area contributed by atoms with Crippen LogP contribution in [0, 0.1) is 12.8 Å². The SMILES string of the molecule is COCCNCc1ccc(N2CC(C)CCC2C)cc1C. The van der Waals surface area contributed by atoms with Gasteiger partial charge in [0, 0.05) is 38.5 Å². The van der Waals surface area contributed by atoms with Crippen molar-refractivity contribution in [2.45, 2.75) is 46.2 Å². The Labute approximate surface area is 129 Å². The lowest BCUT2D eigenvalue weighted by Gasteiger charge is -2.39.